The number of nitrogens with one attached hydrogen (secondary N) is 1. The van der Waals surface area contributed by atoms with Gasteiger partial charge < -0.3 is 24.6 Å². The van der Waals surface area contributed by atoms with Crippen molar-refractivity contribution in [1.82, 2.24) is 5.32 Å². The second kappa shape index (κ2) is 8.34. The molecule has 0 spiro atoms. The van der Waals surface area contributed by atoms with Crippen LogP contribution in [0.25, 0.3) is 0 Å². The molecule has 2 atom stereocenters. The van der Waals surface area contributed by atoms with Crippen LogP contribution in [-0.2, 0) is 9.59 Å². The Morgan fingerprint density at radius 1 is 0.903 bits per heavy atom. The van der Waals surface area contributed by atoms with Gasteiger partial charge in [-0.3, -0.25) is 9.59 Å². The van der Waals surface area contributed by atoms with Crippen molar-refractivity contribution in [2.24, 2.45) is 0 Å². The smallest absolute Gasteiger partial charge is 0.225 e. The summed E-state index contributed by atoms with van der Waals surface area (Å²) in [5.41, 5.74) is 2.93. The molecule has 7 nitrogen and oxygen atoms in total. The first-order valence-corrected chi connectivity index (χ1v) is 10.1. The summed E-state index contributed by atoms with van der Waals surface area (Å²) in [5, 5.41) is 12.8. The number of benzene rings is 2. The first-order valence-electron chi connectivity index (χ1n) is 10.1. The predicted molar refractivity (Wildman–Crippen MR) is 114 cm³/mol. The van der Waals surface area contributed by atoms with Crippen LogP contribution in [0, 0.1) is 0 Å². The van der Waals surface area contributed by atoms with E-state index in [2.05, 4.69) is 5.32 Å². The van der Waals surface area contributed by atoms with Gasteiger partial charge in [-0.2, -0.15) is 0 Å². The Morgan fingerprint density at radius 3 is 2.39 bits per heavy atom. The van der Waals surface area contributed by atoms with Gasteiger partial charge in [0.05, 0.1) is 21.3 Å². The van der Waals surface area contributed by atoms with Crippen molar-refractivity contribution >= 4 is 11.7 Å². The van der Waals surface area contributed by atoms with Crippen molar-refractivity contribution < 1.29 is 28.9 Å². The Labute approximate surface area is 180 Å². The van der Waals surface area contributed by atoms with E-state index >= 15 is 0 Å². The molecule has 2 aromatic carbocycles. The zero-order valence-electron chi connectivity index (χ0n) is 17.7. The number of ether oxygens (including phenoxy) is 3. The van der Waals surface area contributed by atoms with Crippen LogP contribution < -0.4 is 19.5 Å². The molecule has 0 saturated heterocycles. The van der Waals surface area contributed by atoms with Crippen molar-refractivity contribution in [2.45, 2.75) is 31.1 Å². The van der Waals surface area contributed by atoms with Crippen molar-refractivity contribution in [2.75, 3.05) is 21.3 Å². The molecule has 1 heterocycles. The number of hydrogen-bond donors (Lipinski definition) is 2. The fraction of sp³-hybridized carbons (Fsp3) is 0.333. The van der Waals surface area contributed by atoms with E-state index in [9.17, 15) is 14.7 Å². The molecular formula is C24H25NO6. The number of phenols is 1. The molecule has 162 valence electrons. The third kappa shape index (κ3) is 3.83. The standard InChI is InChI=1S/C24H25NO6/c1-29-15-5-7-21(30-2)16(11-15)14-8-18-24(20(27)9-14)17(12-23(28)25-18)13-4-6-19(26)22(10-13)31-3/h4-7,10-11,14,17,26H,8-9,12H2,1-3H3,(H,25,28)/t14-,17+/m1/s1. The topological polar surface area (TPSA) is 94.1 Å². The molecule has 0 unspecified atom stereocenters. The van der Waals surface area contributed by atoms with E-state index in [1.165, 1.54) is 13.2 Å². The Bertz CT molecular complexity index is 1070. The summed E-state index contributed by atoms with van der Waals surface area (Å²) < 4.78 is 16.1. The van der Waals surface area contributed by atoms with Crippen molar-refractivity contribution in [3.63, 3.8) is 0 Å². The molecule has 7 heteroatoms. The van der Waals surface area contributed by atoms with E-state index in [0.29, 0.717) is 41.4 Å². The van der Waals surface area contributed by atoms with Crippen LogP contribution in [0.3, 0.4) is 0 Å². The fourth-order valence-electron chi connectivity index (χ4n) is 4.53. The van der Waals surface area contributed by atoms with Crippen molar-refractivity contribution in [3.05, 3.63) is 58.8 Å². The number of ketones is 1. The number of rotatable bonds is 5. The van der Waals surface area contributed by atoms with Gasteiger partial charge in [0.1, 0.15) is 11.5 Å². The van der Waals surface area contributed by atoms with Crippen LogP contribution in [0.15, 0.2) is 47.7 Å². The lowest BCUT2D eigenvalue weighted by Crippen LogP contribution is -2.38. The molecular weight excluding hydrogens is 398 g/mol. The van der Waals surface area contributed by atoms with Gasteiger partial charge in [0.15, 0.2) is 17.3 Å². The minimum atomic E-state index is -0.376. The molecule has 2 aromatic rings. The monoisotopic (exact) mass is 423 g/mol. The number of allylic oxidation sites excluding steroid dienone is 2. The van der Waals surface area contributed by atoms with E-state index in [-0.39, 0.29) is 35.7 Å². The second-order valence-corrected chi connectivity index (χ2v) is 7.76. The minimum absolute atomic E-state index is 0.00633. The average molecular weight is 423 g/mol. The van der Waals surface area contributed by atoms with E-state index in [0.717, 1.165) is 11.1 Å². The maximum absolute atomic E-state index is 13.3. The van der Waals surface area contributed by atoms with Gasteiger partial charge >= 0.3 is 0 Å². The molecule has 2 N–H and O–H groups in total. The summed E-state index contributed by atoms with van der Waals surface area (Å²) in [7, 11) is 4.66. The van der Waals surface area contributed by atoms with Gasteiger partial charge in [0, 0.05) is 41.5 Å². The molecule has 1 aliphatic heterocycles. The Hall–Kier alpha value is -3.48. The average Bonchev–Trinajstić information content (AvgIpc) is 2.78. The zero-order valence-corrected chi connectivity index (χ0v) is 17.7. The highest BCUT2D eigenvalue weighted by molar-refractivity contribution is 6.02. The largest absolute Gasteiger partial charge is 0.504 e. The highest BCUT2D eigenvalue weighted by Gasteiger charge is 2.39. The van der Waals surface area contributed by atoms with Gasteiger partial charge in [-0.15, -0.1) is 0 Å². The van der Waals surface area contributed by atoms with Crippen LogP contribution in [0.2, 0.25) is 0 Å². The molecule has 1 aliphatic carbocycles. The highest BCUT2D eigenvalue weighted by atomic mass is 16.5. The van der Waals surface area contributed by atoms with Gasteiger partial charge in [0.25, 0.3) is 0 Å². The maximum Gasteiger partial charge on any atom is 0.225 e. The van der Waals surface area contributed by atoms with Crippen LogP contribution >= 0.6 is 0 Å². The molecule has 0 saturated carbocycles. The third-order valence-electron chi connectivity index (χ3n) is 6.02. The number of hydrogen-bond acceptors (Lipinski definition) is 6. The SMILES string of the molecule is COc1ccc(OC)c([C@H]2CC(=O)C3=C(C2)NC(=O)C[C@H]3c2ccc(O)c(OC)c2)c1. The molecule has 31 heavy (non-hydrogen) atoms. The summed E-state index contributed by atoms with van der Waals surface area (Å²) in [4.78, 5) is 25.8. The van der Waals surface area contributed by atoms with Gasteiger partial charge in [-0.1, -0.05) is 6.07 Å². The van der Waals surface area contributed by atoms with Crippen molar-refractivity contribution in [3.8, 4) is 23.0 Å². The van der Waals surface area contributed by atoms with Gasteiger partial charge in [-0.05, 0) is 42.3 Å². The van der Waals surface area contributed by atoms with Crippen LogP contribution in [0.4, 0.5) is 0 Å². The number of aromatic hydroxyl groups is 1. The van der Waals surface area contributed by atoms with E-state index < -0.39 is 0 Å². The summed E-state index contributed by atoms with van der Waals surface area (Å²) in [6.07, 6.45) is 0.998. The summed E-state index contributed by atoms with van der Waals surface area (Å²) in [6.45, 7) is 0. The summed E-state index contributed by atoms with van der Waals surface area (Å²) in [6, 6.07) is 10.5. The maximum atomic E-state index is 13.3. The number of carbonyl (C=O) groups is 2. The summed E-state index contributed by atoms with van der Waals surface area (Å²) in [5.74, 6) is 1.04. The lowest BCUT2D eigenvalue weighted by atomic mass is 9.73. The Kier molecular flexibility index (Phi) is 5.59. The molecule has 0 fully saturated rings. The highest BCUT2D eigenvalue weighted by Crippen LogP contribution is 2.45. The van der Waals surface area contributed by atoms with Crippen LogP contribution in [-0.4, -0.2) is 38.1 Å². The lowest BCUT2D eigenvalue weighted by molar-refractivity contribution is -0.122. The van der Waals surface area contributed by atoms with E-state index in [4.69, 9.17) is 14.2 Å². The van der Waals surface area contributed by atoms with E-state index in [1.54, 1.807) is 26.4 Å². The third-order valence-corrected chi connectivity index (χ3v) is 6.02. The minimum Gasteiger partial charge on any atom is -0.504 e. The summed E-state index contributed by atoms with van der Waals surface area (Å²) >= 11 is 0. The number of Topliss-reactive ketones (excluding diaryl/α,β-unsaturated/α-hetero) is 1. The quantitative estimate of drug-likeness (QED) is 0.765. The fourth-order valence-corrected chi connectivity index (χ4v) is 4.53. The lowest BCUT2D eigenvalue weighted by Gasteiger charge is -2.35. The van der Waals surface area contributed by atoms with E-state index in [1.807, 2.05) is 18.2 Å². The molecule has 0 aromatic heterocycles. The molecule has 2 aliphatic rings. The second-order valence-electron chi connectivity index (χ2n) is 7.76. The van der Waals surface area contributed by atoms with Crippen LogP contribution in [0.1, 0.15) is 42.2 Å². The Morgan fingerprint density at radius 2 is 1.68 bits per heavy atom. The first-order chi connectivity index (χ1) is 14.9. The number of amides is 1. The van der Waals surface area contributed by atoms with Gasteiger partial charge in [-0.25, -0.2) is 0 Å². The van der Waals surface area contributed by atoms with Gasteiger partial charge in [0.2, 0.25) is 5.91 Å². The molecule has 0 radical (unpaired) electrons. The number of carbonyl (C=O) groups excluding carboxylic acids is 2. The number of methoxy groups -OCH3 is 3. The predicted octanol–water partition coefficient (Wildman–Crippen LogP) is 3.42. The first kappa shape index (κ1) is 20.8. The Balaban J connectivity index is 1.74. The zero-order chi connectivity index (χ0) is 22.1. The molecule has 0 bridgehead atoms. The normalized spacial score (nSPS) is 20.7. The molecule has 4 rings (SSSR count). The van der Waals surface area contributed by atoms with Crippen molar-refractivity contribution in [1.29, 1.82) is 0 Å². The van der Waals surface area contributed by atoms with Crippen LogP contribution in [0.5, 0.6) is 23.0 Å². The molecule has 1 amide bonds. The number of phenolic OH excluding ortho intramolecular Hbond substituents is 1.